The minimum atomic E-state index is -0.939. The van der Waals surface area contributed by atoms with Crippen molar-refractivity contribution in [1.29, 1.82) is 0 Å². The fraction of sp³-hybridized carbons (Fsp3) is 0.214. The van der Waals surface area contributed by atoms with E-state index in [2.05, 4.69) is 10.3 Å². The Kier molecular flexibility index (Phi) is 4.41. The third-order valence-electron chi connectivity index (χ3n) is 2.75. The molecule has 0 aliphatic rings. The van der Waals surface area contributed by atoms with Gasteiger partial charge in [-0.25, -0.2) is 8.78 Å². The molecule has 1 heterocycles. The van der Waals surface area contributed by atoms with Crippen LogP contribution in [0.1, 0.15) is 11.1 Å². The molecule has 0 spiro atoms. The second-order valence-corrected chi connectivity index (χ2v) is 4.19. The van der Waals surface area contributed by atoms with Crippen molar-refractivity contribution in [3.05, 3.63) is 59.4 Å². The van der Waals surface area contributed by atoms with Crippen LogP contribution in [0.4, 0.5) is 8.78 Å². The van der Waals surface area contributed by atoms with E-state index in [0.29, 0.717) is 18.7 Å². The third kappa shape index (κ3) is 3.72. The van der Waals surface area contributed by atoms with Crippen LogP contribution in [-0.2, 0) is 13.0 Å². The van der Waals surface area contributed by atoms with Gasteiger partial charge in [-0.1, -0.05) is 0 Å². The lowest BCUT2D eigenvalue weighted by Crippen LogP contribution is -2.17. The molecule has 1 aromatic carbocycles. The van der Waals surface area contributed by atoms with E-state index in [1.807, 2.05) is 12.1 Å². The monoisotopic (exact) mass is 264 g/mol. The molecule has 1 aromatic heterocycles. The summed E-state index contributed by atoms with van der Waals surface area (Å²) in [6.45, 7) is 1.04. The van der Waals surface area contributed by atoms with E-state index in [-0.39, 0.29) is 0 Å². The zero-order chi connectivity index (χ0) is 13.7. The summed E-state index contributed by atoms with van der Waals surface area (Å²) < 4.78 is 26.2. The third-order valence-corrected chi connectivity index (χ3v) is 2.75. The summed E-state index contributed by atoms with van der Waals surface area (Å²) >= 11 is 0. The number of hydrogen-bond acceptors (Lipinski definition) is 3. The molecule has 0 radical (unpaired) electrons. The highest BCUT2D eigenvalue weighted by Gasteiger charge is 2.08. The minimum absolute atomic E-state index is 0.346. The van der Waals surface area contributed by atoms with Crippen molar-refractivity contribution in [2.75, 3.05) is 6.54 Å². The molecule has 0 aliphatic heterocycles. The number of hydrogen-bond donors (Lipinski definition) is 2. The highest BCUT2D eigenvalue weighted by Crippen LogP contribution is 2.21. The van der Waals surface area contributed by atoms with Crippen molar-refractivity contribution >= 4 is 0 Å². The zero-order valence-electron chi connectivity index (χ0n) is 10.2. The highest BCUT2D eigenvalue weighted by atomic mass is 19.1. The highest BCUT2D eigenvalue weighted by molar-refractivity contribution is 5.29. The Balaban J connectivity index is 1.83. The Bertz CT molecular complexity index is 523. The fourth-order valence-electron chi connectivity index (χ4n) is 1.73. The van der Waals surface area contributed by atoms with E-state index in [0.717, 1.165) is 24.1 Å². The summed E-state index contributed by atoms with van der Waals surface area (Å²) in [5.74, 6) is -2.81. The molecule has 19 heavy (non-hydrogen) atoms. The molecule has 0 bridgehead atoms. The number of aromatic nitrogens is 1. The van der Waals surface area contributed by atoms with Crippen LogP contribution >= 0.6 is 0 Å². The first-order valence-electron chi connectivity index (χ1n) is 5.93. The van der Waals surface area contributed by atoms with Gasteiger partial charge in [-0.05, 0) is 48.4 Å². The average molecular weight is 264 g/mol. The Hall–Kier alpha value is -2.01. The molecular weight excluding hydrogens is 250 g/mol. The number of aromatic hydroxyl groups is 1. The molecule has 0 amide bonds. The van der Waals surface area contributed by atoms with Gasteiger partial charge in [0.15, 0.2) is 17.4 Å². The number of rotatable bonds is 5. The smallest absolute Gasteiger partial charge is 0.187 e. The van der Waals surface area contributed by atoms with Crippen LogP contribution in [0.5, 0.6) is 5.75 Å². The van der Waals surface area contributed by atoms with Crippen LogP contribution < -0.4 is 5.32 Å². The molecule has 0 saturated heterocycles. The number of phenols is 1. The predicted octanol–water partition coefficient (Wildman–Crippen LogP) is 2.40. The van der Waals surface area contributed by atoms with Crippen LogP contribution in [0.25, 0.3) is 0 Å². The first kappa shape index (κ1) is 13.4. The molecule has 2 N–H and O–H groups in total. The topological polar surface area (TPSA) is 45.1 Å². The van der Waals surface area contributed by atoms with Gasteiger partial charge in [0.2, 0.25) is 0 Å². The van der Waals surface area contributed by atoms with Gasteiger partial charge < -0.3 is 10.4 Å². The summed E-state index contributed by atoms with van der Waals surface area (Å²) in [5, 5.41) is 12.1. The summed E-state index contributed by atoms with van der Waals surface area (Å²) in [7, 11) is 0. The molecular formula is C14H14F2N2O. The van der Waals surface area contributed by atoms with Crippen molar-refractivity contribution in [1.82, 2.24) is 10.3 Å². The second-order valence-electron chi connectivity index (χ2n) is 4.19. The maximum absolute atomic E-state index is 13.1. The first-order chi connectivity index (χ1) is 9.16. The lowest BCUT2D eigenvalue weighted by atomic mass is 10.2. The van der Waals surface area contributed by atoms with E-state index >= 15 is 0 Å². The maximum Gasteiger partial charge on any atom is 0.187 e. The molecule has 0 unspecified atom stereocenters. The largest absolute Gasteiger partial charge is 0.503 e. The van der Waals surface area contributed by atoms with Gasteiger partial charge in [0, 0.05) is 18.9 Å². The van der Waals surface area contributed by atoms with Crippen LogP contribution in [0.15, 0.2) is 36.7 Å². The number of nitrogens with one attached hydrogen (secondary N) is 1. The number of phenolic OH excluding ortho intramolecular Hbond substituents is 1. The van der Waals surface area contributed by atoms with Crippen molar-refractivity contribution in [3.63, 3.8) is 0 Å². The molecule has 100 valence electrons. The van der Waals surface area contributed by atoms with Gasteiger partial charge in [-0.15, -0.1) is 0 Å². The standard InChI is InChI=1S/C14H14F2N2O/c15-12-7-11(8-13(16)14(12)19)9-18-6-3-10-1-4-17-5-2-10/h1-2,4-5,7-8,18-19H,3,6,9H2. The van der Waals surface area contributed by atoms with Gasteiger partial charge >= 0.3 is 0 Å². The van der Waals surface area contributed by atoms with E-state index in [1.54, 1.807) is 12.4 Å². The quantitative estimate of drug-likeness (QED) is 0.815. The molecule has 2 aromatic rings. The first-order valence-corrected chi connectivity index (χ1v) is 5.93. The molecule has 5 heteroatoms. The van der Waals surface area contributed by atoms with E-state index < -0.39 is 17.4 Å². The lowest BCUT2D eigenvalue weighted by Gasteiger charge is -2.06. The number of halogens is 2. The van der Waals surface area contributed by atoms with Gasteiger partial charge in [0.25, 0.3) is 0 Å². The molecule has 0 fully saturated rings. The molecule has 0 saturated carbocycles. The van der Waals surface area contributed by atoms with Gasteiger partial charge in [0.1, 0.15) is 0 Å². The number of pyridine rings is 1. The average Bonchev–Trinajstić information content (AvgIpc) is 2.42. The second kappa shape index (κ2) is 6.24. The van der Waals surface area contributed by atoms with Gasteiger partial charge in [0.05, 0.1) is 0 Å². The van der Waals surface area contributed by atoms with Gasteiger partial charge in [-0.2, -0.15) is 0 Å². The van der Waals surface area contributed by atoms with Gasteiger partial charge in [-0.3, -0.25) is 4.98 Å². The lowest BCUT2D eigenvalue weighted by molar-refractivity contribution is 0.395. The SMILES string of the molecule is Oc1c(F)cc(CNCCc2ccncc2)cc1F. The Morgan fingerprint density at radius 1 is 1.05 bits per heavy atom. The number of nitrogens with zero attached hydrogens (tertiary/aromatic N) is 1. The van der Waals surface area contributed by atoms with Crippen LogP contribution in [0, 0.1) is 11.6 Å². The summed E-state index contributed by atoms with van der Waals surface area (Å²) in [6.07, 6.45) is 4.26. The maximum atomic E-state index is 13.1. The minimum Gasteiger partial charge on any atom is -0.503 e. The Morgan fingerprint density at radius 3 is 2.32 bits per heavy atom. The predicted molar refractivity (Wildman–Crippen MR) is 67.7 cm³/mol. The summed E-state index contributed by atoms with van der Waals surface area (Å²) in [5.41, 5.74) is 1.60. The zero-order valence-corrected chi connectivity index (χ0v) is 10.2. The van der Waals surface area contributed by atoms with E-state index in [9.17, 15) is 8.78 Å². The van der Waals surface area contributed by atoms with Crippen LogP contribution in [-0.4, -0.2) is 16.6 Å². The van der Waals surface area contributed by atoms with E-state index in [4.69, 9.17) is 5.11 Å². The normalized spacial score (nSPS) is 10.6. The molecule has 0 aliphatic carbocycles. The Morgan fingerprint density at radius 2 is 1.68 bits per heavy atom. The van der Waals surface area contributed by atoms with Crippen molar-refractivity contribution in [2.24, 2.45) is 0 Å². The molecule has 3 nitrogen and oxygen atoms in total. The molecule has 0 atom stereocenters. The van der Waals surface area contributed by atoms with Crippen LogP contribution in [0.2, 0.25) is 0 Å². The van der Waals surface area contributed by atoms with E-state index in [1.165, 1.54) is 0 Å². The fourth-order valence-corrected chi connectivity index (χ4v) is 1.73. The van der Waals surface area contributed by atoms with Crippen molar-refractivity contribution < 1.29 is 13.9 Å². The Labute approximate surface area is 109 Å². The van der Waals surface area contributed by atoms with Crippen molar-refractivity contribution in [3.8, 4) is 5.75 Å². The van der Waals surface area contributed by atoms with Crippen LogP contribution in [0.3, 0.4) is 0 Å². The summed E-state index contributed by atoms with van der Waals surface area (Å²) in [6, 6.07) is 6.08. The molecule has 2 rings (SSSR count). The van der Waals surface area contributed by atoms with Crippen molar-refractivity contribution in [2.45, 2.75) is 13.0 Å². The summed E-state index contributed by atoms with van der Waals surface area (Å²) in [4.78, 5) is 3.92. The number of benzene rings is 1.